The topological polar surface area (TPSA) is 66.8 Å². The quantitative estimate of drug-likeness (QED) is 0.799. The lowest BCUT2D eigenvalue weighted by molar-refractivity contribution is -0.136. The zero-order valence-electron chi connectivity index (χ0n) is 12.8. The first kappa shape index (κ1) is 17.2. The standard InChI is InChI=1S/C16H23NO4/c1-12(11-21-3)10-15(18)17(9-8-16(19)20)14-7-5-4-6-13(14)2/h4-7,12H,8-11H2,1-3H3,(H,19,20). The molecule has 0 saturated carbocycles. The Bertz CT molecular complexity index is 487. The molecule has 1 N–H and O–H groups in total. The van der Waals surface area contributed by atoms with Crippen molar-refractivity contribution >= 4 is 17.6 Å². The lowest BCUT2D eigenvalue weighted by Gasteiger charge is -2.25. The minimum Gasteiger partial charge on any atom is -0.481 e. The predicted octanol–water partition coefficient (Wildman–Crippen LogP) is 2.48. The summed E-state index contributed by atoms with van der Waals surface area (Å²) in [7, 11) is 1.60. The van der Waals surface area contributed by atoms with Crippen molar-refractivity contribution in [2.24, 2.45) is 5.92 Å². The molecule has 0 spiro atoms. The van der Waals surface area contributed by atoms with E-state index in [9.17, 15) is 9.59 Å². The minimum atomic E-state index is -0.911. The lowest BCUT2D eigenvalue weighted by Crippen LogP contribution is -2.35. The molecule has 0 aliphatic carbocycles. The molecule has 1 unspecified atom stereocenters. The molecule has 5 nitrogen and oxygen atoms in total. The SMILES string of the molecule is COCC(C)CC(=O)N(CCC(=O)O)c1ccccc1C. The zero-order chi connectivity index (χ0) is 15.8. The summed E-state index contributed by atoms with van der Waals surface area (Å²) in [5.74, 6) is -0.889. The molecule has 0 aliphatic rings. The van der Waals surface area contributed by atoms with Gasteiger partial charge in [-0.3, -0.25) is 9.59 Å². The van der Waals surface area contributed by atoms with Gasteiger partial charge in [-0.05, 0) is 24.5 Å². The van der Waals surface area contributed by atoms with E-state index in [4.69, 9.17) is 9.84 Å². The maximum atomic E-state index is 12.5. The van der Waals surface area contributed by atoms with Crippen LogP contribution in [0.2, 0.25) is 0 Å². The summed E-state index contributed by atoms with van der Waals surface area (Å²) in [6.07, 6.45) is 0.264. The summed E-state index contributed by atoms with van der Waals surface area (Å²) >= 11 is 0. The highest BCUT2D eigenvalue weighted by Crippen LogP contribution is 2.21. The summed E-state index contributed by atoms with van der Waals surface area (Å²) in [6.45, 7) is 4.54. The maximum absolute atomic E-state index is 12.5. The number of ether oxygens (including phenoxy) is 1. The van der Waals surface area contributed by atoms with Gasteiger partial charge in [-0.2, -0.15) is 0 Å². The number of carboxylic acid groups (broad SMARTS) is 1. The number of methoxy groups -OCH3 is 1. The van der Waals surface area contributed by atoms with Crippen molar-refractivity contribution in [2.75, 3.05) is 25.2 Å². The fourth-order valence-corrected chi connectivity index (χ4v) is 2.20. The lowest BCUT2D eigenvalue weighted by atomic mass is 10.1. The van der Waals surface area contributed by atoms with Crippen LogP contribution < -0.4 is 4.90 Å². The molecular weight excluding hydrogens is 270 g/mol. The van der Waals surface area contributed by atoms with Gasteiger partial charge in [0.1, 0.15) is 0 Å². The minimum absolute atomic E-state index is 0.0707. The van der Waals surface area contributed by atoms with Gasteiger partial charge in [-0.25, -0.2) is 0 Å². The van der Waals surface area contributed by atoms with E-state index in [1.165, 1.54) is 0 Å². The molecular formula is C16H23NO4. The van der Waals surface area contributed by atoms with E-state index in [2.05, 4.69) is 0 Å². The third-order valence-electron chi connectivity index (χ3n) is 3.23. The number of carboxylic acids is 1. The highest BCUT2D eigenvalue weighted by Gasteiger charge is 2.20. The van der Waals surface area contributed by atoms with Crippen LogP contribution in [0.25, 0.3) is 0 Å². The Labute approximate surface area is 125 Å². The third kappa shape index (κ3) is 5.55. The Morgan fingerprint density at radius 2 is 2.00 bits per heavy atom. The molecule has 1 amide bonds. The number of amides is 1. The number of carbonyl (C=O) groups excluding carboxylic acids is 1. The van der Waals surface area contributed by atoms with Crippen LogP contribution in [0.1, 0.15) is 25.3 Å². The number of aliphatic carboxylic acids is 1. The number of benzene rings is 1. The van der Waals surface area contributed by atoms with Crippen LogP contribution in [0.15, 0.2) is 24.3 Å². The van der Waals surface area contributed by atoms with E-state index < -0.39 is 5.97 Å². The van der Waals surface area contributed by atoms with Crippen LogP contribution in [0.3, 0.4) is 0 Å². The van der Waals surface area contributed by atoms with Crippen molar-refractivity contribution in [3.8, 4) is 0 Å². The average Bonchev–Trinajstić information content (AvgIpc) is 2.40. The number of para-hydroxylation sites is 1. The van der Waals surface area contributed by atoms with E-state index in [0.29, 0.717) is 13.0 Å². The molecule has 0 aromatic heterocycles. The molecule has 1 atom stereocenters. The van der Waals surface area contributed by atoms with Gasteiger partial charge in [0.15, 0.2) is 0 Å². The number of carbonyl (C=O) groups is 2. The molecule has 0 bridgehead atoms. The number of hydrogen-bond acceptors (Lipinski definition) is 3. The molecule has 21 heavy (non-hydrogen) atoms. The molecule has 0 heterocycles. The monoisotopic (exact) mass is 293 g/mol. The molecule has 0 aliphatic heterocycles. The second-order valence-corrected chi connectivity index (χ2v) is 5.24. The second kappa shape index (κ2) is 8.42. The predicted molar refractivity (Wildman–Crippen MR) is 81.4 cm³/mol. The first-order chi connectivity index (χ1) is 9.95. The highest BCUT2D eigenvalue weighted by atomic mass is 16.5. The number of aryl methyl sites for hydroxylation is 1. The van der Waals surface area contributed by atoms with Crippen molar-refractivity contribution in [3.63, 3.8) is 0 Å². The van der Waals surface area contributed by atoms with E-state index in [0.717, 1.165) is 11.3 Å². The largest absolute Gasteiger partial charge is 0.481 e. The Hall–Kier alpha value is -1.88. The van der Waals surface area contributed by atoms with Gasteiger partial charge in [-0.1, -0.05) is 25.1 Å². The van der Waals surface area contributed by atoms with Crippen LogP contribution in [0.4, 0.5) is 5.69 Å². The molecule has 0 saturated heterocycles. The van der Waals surface area contributed by atoms with Crippen molar-refractivity contribution in [2.45, 2.75) is 26.7 Å². The summed E-state index contributed by atoms with van der Waals surface area (Å²) in [6, 6.07) is 7.50. The third-order valence-corrected chi connectivity index (χ3v) is 3.23. The van der Waals surface area contributed by atoms with Gasteiger partial charge in [0.2, 0.25) is 5.91 Å². The Morgan fingerprint density at radius 1 is 1.33 bits per heavy atom. The number of anilines is 1. The van der Waals surface area contributed by atoms with Gasteiger partial charge in [0, 0.05) is 32.4 Å². The van der Waals surface area contributed by atoms with Gasteiger partial charge in [-0.15, -0.1) is 0 Å². The van der Waals surface area contributed by atoms with E-state index in [-0.39, 0.29) is 24.8 Å². The van der Waals surface area contributed by atoms with Crippen LogP contribution >= 0.6 is 0 Å². The van der Waals surface area contributed by atoms with Crippen molar-refractivity contribution in [1.29, 1.82) is 0 Å². The molecule has 1 aromatic carbocycles. The second-order valence-electron chi connectivity index (χ2n) is 5.24. The van der Waals surface area contributed by atoms with Crippen LogP contribution in [-0.4, -0.2) is 37.2 Å². The summed E-state index contributed by atoms with van der Waals surface area (Å²) in [5, 5.41) is 8.87. The van der Waals surface area contributed by atoms with Crippen molar-refractivity contribution < 1.29 is 19.4 Å². The van der Waals surface area contributed by atoms with Gasteiger partial charge < -0.3 is 14.7 Å². The summed E-state index contributed by atoms with van der Waals surface area (Å²) in [4.78, 5) is 24.8. The van der Waals surface area contributed by atoms with Crippen molar-refractivity contribution in [1.82, 2.24) is 0 Å². The van der Waals surface area contributed by atoms with E-state index in [1.54, 1.807) is 12.0 Å². The molecule has 1 aromatic rings. The number of hydrogen-bond donors (Lipinski definition) is 1. The van der Waals surface area contributed by atoms with Crippen LogP contribution in [-0.2, 0) is 14.3 Å². The molecule has 5 heteroatoms. The average molecular weight is 293 g/mol. The van der Waals surface area contributed by atoms with Gasteiger partial charge in [0.05, 0.1) is 6.42 Å². The Kier molecular flexibility index (Phi) is 6.88. The van der Waals surface area contributed by atoms with Crippen molar-refractivity contribution in [3.05, 3.63) is 29.8 Å². The van der Waals surface area contributed by atoms with Crippen LogP contribution in [0, 0.1) is 12.8 Å². The summed E-state index contributed by atoms with van der Waals surface area (Å²) in [5.41, 5.74) is 1.73. The zero-order valence-corrected chi connectivity index (χ0v) is 12.8. The molecule has 0 fully saturated rings. The van der Waals surface area contributed by atoms with Gasteiger partial charge in [0.25, 0.3) is 0 Å². The highest BCUT2D eigenvalue weighted by molar-refractivity contribution is 5.94. The Balaban J connectivity index is 2.89. The number of rotatable bonds is 8. The first-order valence-electron chi connectivity index (χ1n) is 7.02. The molecule has 116 valence electrons. The summed E-state index contributed by atoms with van der Waals surface area (Å²) < 4.78 is 5.05. The van der Waals surface area contributed by atoms with Crippen LogP contribution in [0.5, 0.6) is 0 Å². The molecule has 0 radical (unpaired) electrons. The smallest absolute Gasteiger partial charge is 0.305 e. The molecule has 1 rings (SSSR count). The fraction of sp³-hybridized carbons (Fsp3) is 0.500. The van der Waals surface area contributed by atoms with E-state index >= 15 is 0 Å². The first-order valence-corrected chi connectivity index (χ1v) is 7.02. The fourth-order valence-electron chi connectivity index (χ4n) is 2.20. The van der Waals surface area contributed by atoms with Gasteiger partial charge >= 0.3 is 5.97 Å². The number of nitrogens with zero attached hydrogens (tertiary/aromatic N) is 1. The Morgan fingerprint density at radius 3 is 2.57 bits per heavy atom. The normalized spacial score (nSPS) is 12.0. The van der Waals surface area contributed by atoms with E-state index in [1.807, 2.05) is 38.1 Å². The maximum Gasteiger partial charge on any atom is 0.305 e.